The van der Waals surface area contributed by atoms with Crippen molar-refractivity contribution in [2.75, 3.05) is 6.54 Å². The Morgan fingerprint density at radius 3 is 1.53 bits per heavy atom. The number of piperidine rings is 1. The van der Waals surface area contributed by atoms with Gasteiger partial charge in [0.15, 0.2) is 0 Å². The fourth-order valence-electron chi connectivity index (χ4n) is 5.14. The molecule has 38 heavy (non-hydrogen) atoms. The van der Waals surface area contributed by atoms with Gasteiger partial charge in [0.25, 0.3) is 20.0 Å². The third-order valence-corrected chi connectivity index (χ3v) is 11.3. The first-order valence-electron chi connectivity index (χ1n) is 12.8. The van der Waals surface area contributed by atoms with E-state index >= 15 is 0 Å². The second kappa shape index (κ2) is 10.9. The average Bonchev–Trinajstić information content (AvgIpc) is 2.89. The maximum Gasteiger partial charge on any atom is 0.256 e. The summed E-state index contributed by atoms with van der Waals surface area (Å²) in [4.78, 5) is 6.45. The lowest BCUT2D eigenvalue weighted by molar-refractivity contribution is -0.306. The summed E-state index contributed by atoms with van der Waals surface area (Å²) in [5.74, 6) is 0. The maximum atomic E-state index is 13.9. The number of nitrogens with zero attached hydrogens (tertiary/aromatic N) is 2. The van der Waals surface area contributed by atoms with Gasteiger partial charge in [-0.15, -0.1) is 0 Å². The molecule has 1 heterocycles. The van der Waals surface area contributed by atoms with E-state index in [0.717, 1.165) is 19.3 Å². The lowest BCUT2D eigenvalue weighted by Gasteiger charge is -2.52. The maximum absolute atomic E-state index is 13.9. The molecule has 0 aliphatic carbocycles. The van der Waals surface area contributed by atoms with Crippen LogP contribution in [-0.2, 0) is 24.9 Å². The molecule has 1 fully saturated rings. The highest BCUT2D eigenvalue weighted by molar-refractivity contribution is 8.04. The summed E-state index contributed by atoms with van der Waals surface area (Å²) in [5.41, 5.74) is 0.00750. The number of sulfonamides is 2. The number of hydroxylamine groups is 2. The van der Waals surface area contributed by atoms with E-state index in [4.69, 9.17) is 4.84 Å². The molecule has 9 heteroatoms. The number of benzene rings is 3. The van der Waals surface area contributed by atoms with Crippen molar-refractivity contribution in [2.24, 2.45) is 0 Å². The molecule has 1 aliphatic rings. The predicted octanol–water partition coefficient (Wildman–Crippen LogP) is 5.78. The molecule has 0 N–H and O–H groups in total. The zero-order chi connectivity index (χ0) is 27.6. The van der Waals surface area contributed by atoms with Gasteiger partial charge in [-0.25, -0.2) is 16.8 Å². The highest BCUT2D eigenvalue weighted by atomic mass is 32.3. The molecule has 0 bridgehead atoms. The quantitative estimate of drug-likeness (QED) is 0.332. The Balaban J connectivity index is 1.84. The standard InChI is InChI=1S/C29H36N2O5S2/c1-28(2)21-14-22-29(3,4)31(28)36-27(24-15-8-5-9-16-24)23-30(37(32,33)25-17-10-6-11-18-25)38(34,35)26-19-12-7-13-20-26/h5-13,15-20,27H,14,21-23H2,1-4H3. The van der Waals surface area contributed by atoms with Crippen LogP contribution in [0.5, 0.6) is 0 Å². The van der Waals surface area contributed by atoms with Crippen LogP contribution in [0.25, 0.3) is 0 Å². The monoisotopic (exact) mass is 556 g/mol. The molecule has 0 aromatic heterocycles. The highest BCUT2D eigenvalue weighted by Crippen LogP contribution is 2.41. The van der Waals surface area contributed by atoms with Crippen LogP contribution in [0.2, 0.25) is 0 Å². The third-order valence-electron chi connectivity index (χ3n) is 7.01. The van der Waals surface area contributed by atoms with Crippen LogP contribution >= 0.6 is 0 Å². The fraction of sp³-hybridized carbons (Fsp3) is 0.379. The van der Waals surface area contributed by atoms with E-state index in [-0.39, 0.29) is 20.9 Å². The molecular formula is C29H36N2O5S2. The topological polar surface area (TPSA) is 84.0 Å². The summed E-state index contributed by atoms with van der Waals surface area (Å²) in [6.07, 6.45) is 1.94. The minimum atomic E-state index is -4.46. The molecule has 3 aromatic rings. The fourth-order valence-corrected chi connectivity index (χ4v) is 8.82. The molecule has 0 saturated carbocycles. The normalized spacial score (nSPS) is 18.8. The summed E-state index contributed by atoms with van der Waals surface area (Å²) in [6.45, 7) is 7.94. The van der Waals surface area contributed by atoms with Crippen molar-refractivity contribution in [3.8, 4) is 0 Å². The minimum absolute atomic E-state index is 0.107. The highest BCUT2D eigenvalue weighted by Gasteiger charge is 2.45. The molecule has 0 spiro atoms. The van der Waals surface area contributed by atoms with Crippen molar-refractivity contribution in [1.29, 1.82) is 0 Å². The Morgan fingerprint density at radius 1 is 0.711 bits per heavy atom. The Labute approximate surface area is 227 Å². The van der Waals surface area contributed by atoms with Gasteiger partial charge in [0.05, 0.1) is 16.3 Å². The summed E-state index contributed by atoms with van der Waals surface area (Å²) in [6, 6.07) is 24.5. The van der Waals surface area contributed by atoms with E-state index in [1.807, 2.05) is 35.4 Å². The van der Waals surface area contributed by atoms with E-state index in [0.29, 0.717) is 9.27 Å². The second-order valence-electron chi connectivity index (χ2n) is 10.9. The van der Waals surface area contributed by atoms with E-state index < -0.39 is 32.7 Å². The number of hydrogen-bond acceptors (Lipinski definition) is 6. The van der Waals surface area contributed by atoms with E-state index in [1.165, 1.54) is 24.3 Å². The molecule has 4 rings (SSSR count). The van der Waals surface area contributed by atoms with Crippen LogP contribution in [0.4, 0.5) is 0 Å². The summed E-state index contributed by atoms with van der Waals surface area (Å²) < 4.78 is 56.4. The van der Waals surface area contributed by atoms with Crippen LogP contribution < -0.4 is 0 Å². The van der Waals surface area contributed by atoms with E-state index in [1.54, 1.807) is 36.4 Å². The lowest BCUT2D eigenvalue weighted by atomic mass is 9.82. The zero-order valence-corrected chi connectivity index (χ0v) is 24.0. The molecule has 1 saturated heterocycles. The summed E-state index contributed by atoms with van der Waals surface area (Å²) in [5, 5.41) is 1.93. The van der Waals surface area contributed by atoms with Crippen molar-refractivity contribution in [1.82, 2.24) is 8.77 Å². The van der Waals surface area contributed by atoms with Gasteiger partial charge < -0.3 is 0 Å². The smallest absolute Gasteiger partial charge is 0.256 e. The first-order valence-corrected chi connectivity index (χ1v) is 15.6. The summed E-state index contributed by atoms with van der Waals surface area (Å²) >= 11 is 0. The van der Waals surface area contributed by atoms with Crippen molar-refractivity contribution in [3.05, 3.63) is 96.6 Å². The molecule has 1 aliphatic heterocycles. The van der Waals surface area contributed by atoms with Crippen LogP contribution in [-0.4, -0.2) is 43.2 Å². The van der Waals surface area contributed by atoms with Gasteiger partial charge in [0, 0.05) is 11.1 Å². The summed E-state index contributed by atoms with van der Waals surface area (Å²) in [7, 11) is -8.92. The van der Waals surface area contributed by atoms with Crippen LogP contribution in [0.3, 0.4) is 0 Å². The van der Waals surface area contributed by atoms with Crippen LogP contribution in [0.15, 0.2) is 101 Å². The minimum Gasteiger partial charge on any atom is -0.288 e. The molecule has 204 valence electrons. The van der Waals surface area contributed by atoms with Gasteiger partial charge in [0.2, 0.25) is 0 Å². The number of hydrogen-bond donors (Lipinski definition) is 0. The Morgan fingerprint density at radius 2 is 1.11 bits per heavy atom. The van der Waals surface area contributed by atoms with Crippen LogP contribution in [0, 0.1) is 0 Å². The van der Waals surface area contributed by atoms with Gasteiger partial charge in [-0.05, 0) is 76.8 Å². The van der Waals surface area contributed by atoms with Gasteiger partial charge in [-0.1, -0.05) is 70.4 Å². The Hall–Kier alpha value is -2.56. The first-order chi connectivity index (χ1) is 17.9. The van der Waals surface area contributed by atoms with Crippen molar-refractivity contribution >= 4 is 20.0 Å². The van der Waals surface area contributed by atoms with Gasteiger partial charge in [0.1, 0.15) is 6.10 Å². The van der Waals surface area contributed by atoms with Crippen molar-refractivity contribution < 1.29 is 21.7 Å². The SMILES string of the molecule is CC1(C)CCCC(C)(C)N1OC(CN(S(=O)(=O)c1ccccc1)S(=O)(=O)c1ccccc1)c1ccccc1. The Bertz CT molecular complexity index is 1340. The van der Waals surface area contributed by atoms with Gasteiger partial charge in [-0.2, -0.15) is 5.06 Å². The van der Waals surface area contributed by atoms with Crippen LogP contribution in [0.1, 0.15) is 58.6 Å². The largest absolute Gasteiger partial charge is 0.288 e. The lowest BCUT2D eigenvalue weighted by Crippen LogP contribution is -2.59. The third kappa shape index (κ3) is 5.87. The molecule has 1 unspecified atom stereocenters. The van der Waals surface area contributed by atoms with Gasteiger partial charge >= 0.3 is 0 Å². The van der Waals surface area contributed by atoms with Crippen molar-refractivity contribution in [3.63, 3.8) is 0 Å². The van der Waals surface area contributed by atoms with Crippen molar-refractivity contribution in [2.45, 2.75) is 73.9 Å². The molecule has 0 amide bonds. The number of rotatable bonds is 9. The molecule has 1 atom stereocenters. The van der Waals surface area contributed by atoms with Gasteiger partial charge in [-0.3, -0.25) is 4.84 Å². The molecule has 0 radical (unpaired) electrons. The molecular weight excluding hydrogens is 520 g/mol. The average molecular weight is 557 g/mol. The second-order valence-corrected chi connectivity index (χ2v) is 14.8. The molecule has 3 aromatic carbocycles. The Kier molecular flexibility index (Phi) is 8.16. The predicted molar refractivity (Wildman–Crippen MR) is 148 cm³/mol. The van der Waals surface area contributed by atoms with E-state index in [2.05, 4.69) is 27.7 Å². The van der Waals surface area contributed by atoms with E-state index in [9.17, 15) is 16.8 Å². The zero-order valence-electron chi connectivity index (χ0n) is 22.3. The first kappa shape index (κ1) is 28.4. The molecule has 7 nitrogen and oxygen atoms in total.